The summed E-state index contributed by atoms with van der Waals surface area (Å²) in [4.78, 5) is 4.82. The molecule has 3 atom stereocenters. The van der Waals surface area contributed by atoms with Crippen LogP contribution in [0.15, 0.2) is 24.4 Å². The molecule has 126 valence electrons. The van der Waals surface area contributed by atoms with Crippen molar-refractivity contribution >= 4 is 35.1 Å². The normalized spacial score (nSPS) is 33.1. The van der Waals surface area contributed by atoms with Crippen molar-refractivity contribution in [1.82, 2.24) is 9.88 Å². The van der Waals surface area contributed by atoms with Crippen molar-refractivity contribution in [3.63, 3.8) is 0 Å². The van der Waals surface area contributed by atoms with E-state index in [0.717, 1.165) is 28.8 Å². The number of halogens is 1. The Balaban J connectivity index is 0.00000256. The molecule has 2 aliphatic rings. The van der Waals surface area contributed by atoms with Crippen LogP contribution in [-0.2, 0) is 6.42 Å². The molecule has 23 heavy (non-hydrogen) atoms. The number of H-pyrrole nitrogens is 1. The molecule has 0 unspecified atom stereocenters. The molecule has 1 aliphatic carbocycles. The fourth-order valence-corrected chi connectivity index (χ4v) is 5.06. The van der Waals surface area contributed by atoms with Crippen LogP contribution in [0, 0.1) is 5.92 Å². The van der Waals surface area contributed by atoms with Crippen molar-refractivity contribution in [2.45, 2.75) is 38.0 Å². The number of piperidine rings is 1. The van der Waals surface area contributed by atoms with Gasteiger partial charge in [0.05, 0.1) is 0 Å². The van der Waals surface area contributed by atoms with Crippen LogP contribution in [0.3, 0.4) is 0 Å². The van der Waals surface area contributed by atoms with E-state index in [1.165, 1.54) is 10.3 Å². The number of likely N-dealkylation sites (tertiary alicyclic amines) is 1. The minimum Gasteiger partial charge on any atom is -0.361 e. The summed E-state index contributed by atoms with van der Waals surface area (Å²) in [6.45, 7) is -5.30. The van der Waals surface area contributed by atoms with Crippen molar-refractivity contribution < 1.29 is 9.60 Å². The third kappa shape index (κ3) is 2.92. The van der Waals surface area contributed by atoms with E-state index in [-0.39, 0.29) is 30.3 Å². The predicted molar refractivity (Wildman–Crippen MR) is 104 cm³/mol. The molecule has 0 spiro atoms. The Labute approximate surface area is 159 Å². The van der Waals surface area contributed by atoms with Gasteiger partial charge in [-0.15, -0.1) is 12.4 Å². The van der Waals surface area contributed by atoms with E-state index in [2.05, 4.69) is 11.1 Å². The zero-order valence-electron chi connectivity index (χ0n) is 20.1. The molecule has 0 saturated carbocycles. The number of nitrogens with zero attached hydrogens (tertiary/aromatic N) is 1. The third-order valence-corrected chi connectivity index (χ3v) is 5.96. The summed E-state index contributed by atoms with van der Waals surface area (Å²) in [7, 11) is 0. The predicted octanol–water partition coefficient (Wildman–Crippen LogP) is 4.69. The first kappa shape index (κ1) is 10.4. The highest BCUT2D eigenvalue weighted by Crippen LogP contribution is 2.45. The van der Waals surface area contributed by atoms with Gasteiger partial charge < -0.3 is 4.98 Å². The van der Waals surface area contributed by atoms with Crippen LogP contribution >= 0.6 is 24.2 Å². The molecule has 1 fully saturated rings. The summed E-state index contributed by atoms with van der Waals surface area (Å²) in [5, 5.41) is 1.19. The van der Waals surface area contributed by atoms with E-state index in [9.17, 15) is 0 Å². The highest BCUT2D eigenvalue weighted by atomic mass is 35.5. The number of thioether (sulfide) groups is 1. The lowest BCUT2D eigenvalue weighted by molar-refractivity contribution is 0.0926. The second-order valence-electron chi connectivity index (χ2n) is 6.41. The number of hydrogen-bond acceptors (Lipinski definition) is 2. The zero-order chi connectivity index (χ0) is 21.2. The third-order valence-electron chi connectivity index (χ3n) is 5.16. The Morgan fingerprint density at radius 2 is 2.39 bits per heavy atom. The fourth-order valence-electron chi connectivity index (χ4n) is 4.35. The molecule has 4 heteroatoms. The zero-order valence-corrected chi connectivity index (χ0v) is 14.8. The average molecular weight is 358 g/mol. The quantitative estimate of drug-likeness (QED) is 0.855. The fraction of sp³-hybridized carbons (Fsp3) is 0.579. The van der Waals surface area contributed by atoms with E-state index in [1.54, 1.807) is 11.8 Å². The van der Waals surface area contributed by atoms with Crippen molar-refractivity contribution in [3.8, 4) is 0 Å². The Kier molecular flexibility index (Phi) is 3.19. The molecule has 1 saturated heterocycles. The Morgan fingerprint density at radius 3 is 3.22 bits per heavy atom. The maximum Gasteiger partial charge on any atom is 0.0459 e. The molecule has 1 aromatic carbocycles. The van der Waals surface area contributed by atoms with E-state index in [4.69, 9.17) is 9.60 Å². The first-order valence-corrected chi connectivity index (χ1v) is 9.23. The lowest BCUT2D eigenvalue weighted by atomic mass is 9.72. The SMILES string of the molecule is Cl.[2H]C([2H])([2H])C([2H])([2H])C([2H])([2H])N1C[C@H](CSC)C[C@@H]2c3cccc4[nH]cc(c34)C[C@H]21. The summed E-state index contributed by atoms with van der Waals surface area (Å²) in [6, 6.07) is 5.85. The monoisotopic (exact) mass is 357 g/mol. The molecular weight excluding hydrogens is 324 g/mol. The number of benzene rings is 1. The molecule has 0 radical (unpaired) electrons. The lowest BCUT2D eigenvalue weighted by Crippen LogP contribution is -2.50. The number of nitrogens with one attached hydrogen (secondary N) is 1. The van der Waals surface area contributed by atoms with Gasteiger partial charge in [-0.2, -0.15) is 11.8 Å². The standard InChI is InChI=1S/C19H26N2S.ClH/c1-3-7-21-11-13(12-22-2)8-16-15-5-4-6-17-19(15)14(10-20-17)9-18(16)21;/h4-6,10,13,16,18,20H,3,7-9,11-12H2,1-2H3;1H/t13-,16-,18-;/m1./s1/i1D3,3D2,7D2;. The molecule has 2 heterocycles. The smallest absolute Gasteiger partial charge is 0.0459 e. The number of fused-ring (bicyclic) bond motifs is 2. The Morgan fingerprint density at radius 1 is 1.48 bits per heavy atom. The van der Waals surface area contributed by atoms with Gasteiger partial charge in [-0.25, -0.2) is 0 Å². The average Bonchev–Trinajstić information content (AvgIpc) is 3.05. The maximum atomic E-state index is 8.66. The van der Waals surface area contributed by atoms with Gasteiger partial charge in [-0.05, 0) is 60.8 Å². The lowest BCUT2D eigenvalue weighted by Gasteiger charge is -2.47. The van der Waals surface area contributed by atoms with E-state index < -0.39 is 19.7 Å². The second kappa shape index (κ2) is 7.08. The summed E-state index contributed by atoms with van der Waals surface area (Å²) >= 11 is 1.69. The van der Waals surface area contributed by atoms with Crippen molar-refractivity contribution in [2.24, 2.45) is 5.92 Å². The van der Waals surface area contributed by atoms with Crippen LogP contribution in [0.4, 0.5) is 0 Å². The van der Waals surface area contributed by atoms with Crippen molar-refractivity contribution in [3.05, 3.63) is 35.5 Å². The van der Waals surface area contributed by atoms with Gasteiger partial charge in [0.15, 0.2) is 0 Å². The summed E-state index contributed by atoms with van der Waals surface area (Å²) in [5.74, 6) is 1.06. The van der Waals surface area contributed by atoms with Gasteiger partial charge in [0, 0.05) is 45.2 Å². The Bertz CT molecular complexity index is 914. The number of aromatic nitrogens is 1. The van der Waals surface area contributed by atoms with Crippen molar-refractivity contribution in [2.75, 3.05) is 25.1 Å². The van der Waals surface area contributed by atoms with E-state index >= 15 is 0 Å². The number of rotatable bonds is 4. The molecule has 1 aromatic heterocycles. The summed E-state index contributed by atoms with van der Waals surface area (Å²) in [6.07, 6.45) is 2.47. The molecule has 2 aromatic rings. The van der Waals surface area contributed by atoms with Gasteiger partial charge >= 0.3 is 0 Å². The minimum absolute atomic E-state index is 0. The van der Waals surface area contributed by atoms with E-state index in [1.807, 2.05) is 24.6 Å². The second-order valence-corrected chi connectivity index (χ2v) is 7.32. The van der Waals surface area contributed by atoms with Gasteiger partial charge in [0.2, 0.25) is 0 Å². The number of aromatic amines is 1. The molecule has 0 amide bonds. The van der Waals surface area contributed by atoms with Gasteiger partial charge in [-0.3, -0.25) is 4.90 Å². The van der Waals surface area contributed by atoms with Gasteiger partial charge in [0.25, 0.3) is 0 Å². The van der Waals surface area contributed by atoms with Crippen LogP contribution < -0.4 is 0 Å². The van der Waals surface area contributed by atoms with Crippen LogP contribution in [0.25, 0.3) is 10.9 Å². The highest BCUT2D eigenvalue weighted by molar-refractivity contribution is 7.98. The number of hydrogen-bond donors (Lipinski definition) is 1. The first-order valence-electron chi connectivity index (χ1n) is 11.3. The van der Waals surface area contributed by atoms with Crippen LogP contribution in [-0.4, -0.2) is 41.0 Å². The van der Waals surface area contributed by atoms with Crippen LogP contribution in [0.1, 0.15) is 46.3 Å². The molecular formula is C19H27ClN2S. The molecule has 2 nitrogen and oxygen atoms in total. The maximum absolute atomic E-state index is 8.66. The molecule has 1 N–H and O–H groups in total. The Hall–Kier alpha value is -0.640. The first-order chi connectivity index (χ1) is 13.5. The van der Waals surface area contributed by atoms with Crippen LogP contribution in [0.2, 0.25) is 0 Å². The summed E-state index contributed by atoms with van der Waals surface area (Å²) in [5.41, 5.74) is 3.32. The van der Waals surface area contributed by atoms with Gasteiger partial charge in [-0.1, -0.05) is 19.0 Å². The highest BCUT2D eigenvalue weighted by Gasteiger charge is 2.40. The molecule has 4 rings (SSSR count). The molecule has 0 bridgehead atoms. The van der Waals surface area contributed by atoms with Crippen LogP contribution in [0.5, 0.6) is 0 Å². The minimum atomic E-state index is -3.05. The van der Waals surface area contributed by atoms with Crippen molar-refractivity contribution in [1.29, 1.82) is 0 Å². The summed E-state index contributed by atoms with van der Waals surface area (Å²) < 4.78 is 56.6. The van der Waals surface area contributed by atoms with Gasteiger partial charge in [0.1, 0.15) is 0 Å². The topological polar surface area (TPSA) is 19.0 Å². The molecule has 1 aliphatic heterocycles. The van der Waals surface area contributed by atoms with E-state index in [0.29, 0.717) is 13.0 Å². The largest absolute Gasteiger partial charge is 0.361 e.